The topological polar surface area (TPSA) is 83.6 Å². The van der Waals surface area contributed by atoms with Crippen molar-refractivity contribution in [2.75, 3.05) is 18.5 Å². The van der Waals surface area contributed by atoms with Gasteiger partial charge in [-0.1, -0.05) is 6.07 Å². The summed E-state index contributed by atoms with van der Waals surface area (Å²) in [6.07, 6.45) is 1.88. The van der Waals surface area contributed by atoms with E-state index in [0.717, 1.165) is 11.3 Å². The lowest BCUT2D eigenvalue weighted by Gasteiger charge is -2.16. The molecule has 7 nitrogen and oxygen atoms in total. The molecule has 0 fully saturated rings. The molecule has 1 aliphatic heterocycles. The molecule has 1 aliphatic rings. The number of carbonyl (C=O) groups excluding carboxylic acids is 2. The second kappa shape index (κ2) is 8.64. The summed E-state index contributed by atoms with van der Waals surface area (Å²) in [6.45, 7) is 5.89. The van der Waals surface area contributed by atoms with Crippen molar-refractivity contribution in [3.63, 3.8) is 0 Å². The lowest BCUT2D eigenvalue weighted by Crippen LogP contribution is -2.30. The minimum atomic E-state index is -0.184. The average Bonchev–Trinajstić information content (AvgIpc) is 3.10. The first kappa shape index (κ1) is 18.8. The molecule has 3 amide bonds. The number of hydrogen-bond donors (Lipinski definition) is 2. The highest BCUT2D eigenvalue weighted by molar-refractivity contribution is 5.95. The SMILES string of the molecule is CC(C)OCCNC(=O)c1ccc(NC(=O)N2Cc3cccnc3C2)cc1. The summed E-state index contributed by atoms with van der Waals surface area (Å²) in [4.78, 5) is 30.5. The van der Waals surface area contributed by atoms with Crippen LogP contribution < -0.4 is 10.6 Å². The summed E-state index contributed by atoms with van der Waals surface area (Å²) in [5.41, 5.74) is 3.18. The highest BCUT2D eigenvalue weighted by Gasteiger charge is 2.23. The molecule has 1 aromatic heterocycles. The number of anilines is 1. The van der Waals surface area contributed by atoms with Crippen LogP contribution in [-0.4, -0.2) is 41.1 Å². The van der Waals surface area contributed by atoms with Crippen LogP contribution in [0.25, 0.3) is 0 Å². The Morgan fingerprint density at radius 2 is 1.96 bits per heavy atom. The Hall–Kier alpha value is -2.93. The number of hydrogen-bond acceptors (Lipinski definition) is 4. The monoisotopic (exact) mass is 368 g/mol. The van der Waals surface area contributed by atoms with E-state index in [1.165, 1.54) is 0 Å². The molecule has 0 unspecified atom stereocenters. The molecule has 2 N–H and O–H groups in total. The molecule has 0 radical (unpaired) electrons. The molecule has 0 spiro atoms. The van der Waals surface area contributed by atoms with Crippen LogP contribution >= 0.6 is 0 Å². The van der Waals surface area contributed by atoms with Gasteiger partial charge >= 0.3 is 6.03 Å². The van der Waals surface area contributed by atoms with Crippen LogP contribution in [0.5, 0.6) is 0 Å². The minimum absolute atomic E-state index is 0.143. The lowest BCUT2D eigenvalue weighted by atomic mass is 10.2. The van der Waals surface area contributed by atoms with Crippen LogP contribution in [0.2, 0.25) is 0 Å². The van der Waals surface area contributed by atoms with Gasteiger partial charge in [0.2, 0.25) is 0 Å². The molecule has 0 saturated heterocycles. The Balaban J connectivity index is 1.49. The first-order valence-electron chi connectivity index (χ1n) is 9.01. The maximum absolute atomic E-state index is 12.4. The molecule has 2 heterocycles. The minimum Gasteiger partial charge on any atom is -0.377 e. The van der Waals surface area contributed by atoms with E-state index in [9.17, 15) is 9.59 Å². The van der Waals surface area contributed by atoms with Gasteiger partial charge in [-0.25, -0.2) is 4.79 Å². The van der Waals surface area contributed by atoms with Crippen LogP contribution in [-0.2, 0) is 17.8 Å². The Morgan fingerprint density at radius 3 is 2.67 bits per heavy atom. The third kappa shape index (κ3) is 5.04. The van der Waals surface area contributed by atoms with E-state index in [0.29, 0.717) is 37.5 Å². The van der Waals surface area contributed by atoms with Crippen molar-refractivity contribution in [1.82, 2.24) is 15.2 Å². The molecule has 1 aromatic carbocycles. The third-order valence-corrected chi connectivity index (χ3v) is 4.21. The number of urea groups is 1. The number of aromatic nitrogens is 1. The van der Waals surface area contributed by atoms with E-state index in [1.54, 1.807) is 35.4 Å². The number of amides is 3. The molecule has 3 rings (SSSR count). The van der Waals surface area contributed by atoms with Gasteiger partial charge in [0.1, 0.15) is 0 Å². The second-order valence-electron chi connectivity index (χ2n) is 6.65. The fourth-order valence-corrected chi connectivity index (χ4v) is 2.81. The van der Waals surface area contributed by atoms with E-state index in [-0.39, 0.29) is 18.0 Å². The number of nitrogens with zero attached hydrogens (tertiary/aromatic N) is 2. The number of benzene rings is 1. The molecule has 0 atom stereocenters. The van der Waals surface area contributed by atoms with Crippen molar-refractivity contribution in [3.8, 4) is 0 Å². The van der Waals surface area contributed by atoms with Gasteiger partial charge in [-0.05, 0) is 49.7 Å². The number of fused-ring (bicyclic) bond motifs is 1. The summed E-state index contributed by atoms with van der Waals surface area (Å²) < 4.78 is 5.39. The molecule has 142 valence electrons. The van der Waals surface area contributed by atoms with Gasteiger partial charge in [-0.2, -0.15) is 0 Å². The molecule has 2 aromatic rings. The largest absolute Gasteiger partial charge is 0.377 e. The maximum Gasteiger partial charge on any atom is 0.322 e. The normalized spacial score (nSPS) is 12.8. The Morgan fingerprint density at radius 1 is 1.19 bits per heavy atom. The quantitative estimate of drug-likeness (QED) is 0.768. The van der Waals surface area contributed by atoms with Crippen LogP contribution in [0.4, 0.5) is 10.5 Å². The standard InChI is InChI=1S/C20H24N4O3/c1-14(2)27-11-10-22-19(25)15-5-7-17(8-6-15)23-20(26)24-12-16-4-3-9-21-18(16)13-24/h3-9,14H,10-13H2,1-2H3,(H,22,25)(H,23,26). The Labute approximate surface area is 158 Å². The molecule has 0 saturated carbocycles. The average molecular weight is 368 g/mol. The van der Waals surface area contributed by atoms with E-state index in [4.69, 9.17) is 4.74 Å². The number of rotatable bonds is 6. The molecule has 0 bridgehead atoms. The van der Waals surface area contributed by atoms with Crippen molar-refractivity contribution >= 4 is 17.6 Å². The van der Waals surface area contributed by atoms with E-state index in [1.807, 2.05) is 26.0 Å². The zero-order valence-electron chi connectivity index (χ0n) is 15.6. The van der Waals surface area contributed by atoms with Crippen LogP contribution in [0.3, 0.4) is 0 Å². The second-order valence-corrected chi connectivity index (χ2v) is 6.65. The van der Waals surface area contributed by atoms with Gasteiger partial charge in [0, 0.05) is 30.5 Å². The van der Waals surface area contributed by atoms with Crippen molar-refractivity contribution in [3.05, 3.63) is 59.4 Å². The van der Waals surface area contributed by atoms with Crippen LogP contribution in [0.15, 0.2) is 42.6 Å². The zero-order valence-corrected chi connectivity index (χ0v) is 15.6. The predicted molar refractivity (Wildman–Crippen MR) is 102 cm³/mol. The van der Waals surface area contributed by atoms with Crippen molar-refractivity contribution in [2.24, 2.45) is 0 Å². The summed E-state index contributed by atoms with van der Waals surface area (Å²) in [5, 5.41) is 5.66. The first-order chi connectivity index (χ1) is 13.0. The summed E-state index contributed by atoms with van der Waals surface area (Å²) in [7, 11) is 0. The predicted octanol–water partition coefficient (Wildman–Crippen LogP) is 2.78. The van der Waals surface area contributed by atoms with Gasteiger partial charge in [-0.15, -0.1) is 0 Å². The Bertz CT molecular complexity index is 780. The smallest absolute Gasteiger partial charge is 0.322 e. The van der Waals surface area contributed by atoms with Gasteiger partial charge in [0.25, 0.3) is 5.91 Å². The first-order valence-corrected chi connectivity index (χ1v) is 9.01. The highest BCUT2D eigenvalue weighted by atomic mass is 16.5. The van der Waals surface area contributed by atoms with Crippen LogP contribution in [0, 0.1) is 0 Å². The number of ether oxygens (including phenoxy) is 1. The maximum atomic E-state index is 12.4. The fraction of sp³-hybridized carbons (Fsp3) is 0.350. The van der Waals surface area contributed by atoms with Gasteiger partial charge in [0.05, 0.1) is 24.9 Å². The lowest BCUT2D eigenvalue weighted by molar-refractivity contribution is 0.0746. The number of nitrogens with one attached hydrogen (secondary N) is 2. The third-order valence-electron chi connectivity index (χ3n) is 4.21. The molecule has 7 heteroatoms. The summed E-state index contributed by atoms with van der Waals surface area (Å²) >= 11 is 0. The molecule has 0 aliphatic carbocycles. The highest BCUT2D eigenvalue weighted by Crippen LogP contribution is 2.21. The molecular formula is C20H24N4O3. The van der Waals surface area contributed by atoms with Crippen molar-refractivity contribution < 1.29 is 14.3 Å². The Kier molecular flexibility index (Phi) is 6.03. The summed E-state index contributed by atoms with van der Waals surface area (Å²) in [6, 6.07) is 10.5. The number of carbonyl (C=O) groups is 2. The van der Waals surface area contributed by atoms with E-state index in [2.05, 4.69) is 15.6 Å². The molecule has 27 heavy (non-hydrogen) atoms. The summed E-state index contributed by atoms with van der Waals surface area (Å²) in [5.74, 6) is -0.165. The van der Waals surface area contributed by atoms with Crippen molar-refractivity contribution in [2.45, 2.75) is 33.0 Å². The molecular weight excluding hydrogens is 344 g/mol. The number of pyridine rings is 1. The van der Waals surface area contributed by atoms with Crippen LogP contribution in [0.1, 0.15) is 35.5 Å². The van der Waals surface area contributed by atoms with Gasteiger partial charge < -0.3 is 20.3 Å². The van der Waals surface area contributed by atoms with Gasteiger partial charge in [0.15, 0.2) is 0 Å². The van der Waals surface area contributed by atoms with Gasteiger partial charge in [-0.3, -0.25) is 9.78 Å². The zero-order chi connectivity index (χ0) is 19.2. The van der Waals surface area contributed by atoms with E-state index >= 15 is 0 Å². The van der Waals surface area contributed by atoms with E-state index < -0.39 is 0 Å². The van der Waals surface area contributed by atoms with Crippen molar-refractivity contribution in [1.29, 1.82) is 0 Å². The fourth-order valence-electron chi connectivity index (χ4n) is 2.81.